The molecule has 18 heavy (non-hydrogen) atoms. The maximum Gasteiger partial charge on any atom is 0.0788 e. The van der Waals surface area contributed by atoms with Crippen LogP contribution in [0.15, 0.2) is 0 Å². The van der Waals surface area contributed by atoms with Gasteiger partial charge in [-0.05, 0) is 51.4 Å². The van der Waals surface area contributed by atoms with Gasteiger partial charge >= 0.3 is 0 Å². The van der Waals surface area contributed by atoms with Crippen LogP contribution < -0.4 is 0 Å². The smallest absolute Gasteiger partial charge is 0.0788 e. The molecule has 0 aromatic heterocycles. The van der Waals surface area contributed by atoms with Crippen molar-refractivity contribution in [2.75, 3.05) is 18.5 Å². The maximum absolute atomic E-state index is 6.29. The Bertz CT molecular complexity index is 223. The standard InChI is InChI=1S/C15H29BrO2/c1-5-17-10-13(4)18-15(11-16)8-6-14(7-9-15)12(2)3/h12-14H,5-11H2,1-4H3. The summed E-state index contributed by atoms with van der Waals surface area (Å²) in [5.74, 6) is 1.68. The van der Waals surface area contributed by atoms with Gasteiger partial charge in [-0.25, -0.2) is 0 Å². The highest BCUT2D eigenvalue weighted by atomic mass is 79.9. The second kappa shape index (κ2) is 7.86. The number of halogens is 1. The quantitative estimate of drug-likeness (QED) is 0.647. The van der Waals surface area contributed by atoms with Crippen molar-refractivity contribution in [2.45, 2.75) is 65.1 Å². The summed E-state index contributed by atoms with van der Waals surface area (Å²) in [4.78, 5) is 0. The van der Waals surface area contributed by atoms with Crippen LogP contribution in [0, 0.1) is 11.8 Å². The number of ether oxygens (including phenoxy) is 2. The second-order valence-electron chi connectivity index (χ2n) is 5.99. The fraction of sp³-hybridized carbons (Fsp3) is 1.00. The lowest BCUT2D eigenvalue weighted by molar-refractivity contribution is -0.120. The summed E-state index contributed by atoms with van der Waals surface area (Å²) in [6, 6.07) is 0. The van der Waals surface area contributed by atoms with Crippen molar-refractivity contribution < 1.29 is 9.47 Å². The third-order valence-electron chi connectivity index (χ3n) is 4.14. The largest absolute Gasteiger partial charge is 0.379 e. The molecule has 0 saturated heterocycles. The Morgan fingerprint density at radius 2 is 1.83 bits per heavy atom. The highest BCUT2D eigenvalue weighted by molar-refractivity contribution is 9.09. The van der Waals surface area contributed by atoms with Gasteiger partial charge in [0.25, 0.3) is 0 Å². The summed E-state index contributed by atoms with van der Waals surface area (Å²) < 4.78 is 11.7. The van der Waals surface area contributed by atoms with Crippen LogP contribution in [0.1, 0.15) is 53.4 Å². The lowest BCUT2D eigenvalue weighted by Crippen LogP contribution is -2.43. The van der Waals surface area contributed by atoms with Crippen LogP contribution in [0.25, 0.3) is 0 Å². The second-order valence-corrected chi connectivity index (χ2v) is 6.55. The van der Waals surface area contributed by atoms with Crippen LogP contribution >= 0.6 is 15.9 Å². The summed E-state index contributed by atoms with van der Waals surface area (Å²) >= 11 is 3.66. The average Bonchev–Trinajstić information content (AvgIpc) is 2.37. The minimum absolute atomic E-state index is 0.0436. The summed E-state index contributed by atoms with van der Waals surface area (Å²) in [6.45, 7) is 10.3. The predicted molar refractivity (Wildman–Crippen MR) is 80.4 cm³/mol. The van der Waals surface area contributed by atoms with Crippen molar-refractivity contribution in [1.29, 1.82) is 0 Å². The Hall–Kier alpha value is 0.400. The first kappa shape index (κ1) is 16.5. The van der Waals surface area contributed by atoms with E-state index >= 15 is 0 Å². The van der Waals surface area contributed by atoms with Crippen LogP contribution in [-0.4, -0.2) is 30.2 Å². The third kappa shape index (κ3) is 4.82. The number of hydrogen-bond acceptors (Lipinski definition) is 2. The van der Waals surface area contributed by atoms with E-state index in [1.165, 1.54) is 25.7 Å². The number of hydrogen-bond donors (Lipinski definition) is 0. The van der Waals surface area contributed by atoms with E-state index in [0.29, 0.717) is 6.61 Å². The van der Waals surface area contributed by atoms with Crippen molar-refractivity contribution in [2.24, 2.45) is 11.8 Å². The Morgan fingerprint density at radius 3 is 2.28 bits per heavy atom. The Labute approximate surface area is 121 Å². The molecule has 3 heteroatoms. The first-order valence-corrected chi connectivity index (χ1v) is 8.46. The zero-order valence-corrected chi connectivity index (χ0v) is 14.0. The monoisotopic (exact) mass is 320 g/mol. The van der Waals surface area contributed by atoms with Gasteiger partial charge < -0.3 is 9.47 Å². The fourth-order valence-electron chi connectivity index (χ4n) is 2.86. The molecule has 0 heterocycles. The molecule has 1 aliphatic rings. The van der Waals surface area contributed by atoms with Crippen LogP contribution in [-0.2, 0) is 9.47 Å². The molecule has 0 N–H and O–H groups in total. The van der Waals surface area contributed by atoms with Crippen molar-refractivity contribution in [3.63, 3.8) is 0 Å². The highest BCUT2D eigenvalue weighted by Crippen LogP contribution is 2.39. The first-order chi connectivity index (χ1) is 8.53. The van der Waals surface area contributed by atoms with E-state index in [-0.39, 0.29) is 11.7 Å². The minimum atomic E-state index is 0.0436. The van der Waals surface area contributed by atoms with E-state index < -0.39 is 0 Å². The lowest BCUT2D eigenvalue weighted by atomic mass is 9.75. The van der Waals surface area contributed by atoms with Crippen LogP contribution in [0.2, 0.25) is 0 Å². The topological polar surface area (TPSA) is 18.5 Å². The van der Waals surface area contributed by atoms with Crippen molar-refractivity contribution >= 4 is 15.9 Å². The van der Waals surface area contributed by atoms with Gasteiger partial charge in [0.1, 0.15) is 0 Å². The summed E-state index contributed by atoms with van der Waals surface area (Å²) in [7, 11) is 0. The fourth-order valence-corrected chi connectivity index (χ4v) is 3.55. The molecular weight excluding hydrogens is 292 g/mol. The molecule has 0 aliphatic heterocycles. The highest BCUT2D eigenvalue weighted by Gasteiger charge is 2.37. The Balaban J connectivity index is 2.45. The Morgan fingerprint density at radius 1 is 1.22 bits per heavy atom. The third-order valence-corrected chi connectivity index (χ3v) is 5.16. The minimum Gasteiger partial charge on any atom is -0.379 e. The van der Waals surface area contributed by atoms with Gasteiger partial charge in [0, 0.05) is 11.9 Å². The molecule has 1 atom stereocenters. The molecule has 1 rings (SSSR count). The van der Waals surface area contributed by atoms with Crippen molar-refractivity contribution in [1.82, 2.24) is 0 Å². The molecule has 108 valence electrons. The molecule has 1 fully saturated rings. The summed E-state index contributed by atoms with van der Waals surface area (Å²) in [5, 5.41) is 0.946. The molecule has 0 aromatic carbocycles. The van der Waals surface area contributed by atoms with Crippen LogP contribution in [0.3, 0.4) is 0 Å². The van der Waals surface area contributed by atoms with Gasteiger partial charge in [-0.1, -0.05) is 29.8 Å². The summed E-state index contributed by atoms with van der Waals surface area (Å²) in [5.41, 5.74) is 0.0436. The molecule has 1 saturated carbocycles. The van der Waals surface area contributed by atoms with E-state index in [0.717, 1.165) is 23.8 Å². The zero-order valence-electron chi connectivity index (χ0n) is 12.4. The molecule has 0 bridgehead atoms. The maximum atomic E-state index is 6.29. The van der Waals surface area contributed by atoms with E-state index in [4.69, 9.17) is 9.47 Å². The van der Waals surface area contributed by atoms with Gasteiger partial charge in [-0.2, -0.15) is 0 Å². The van der Waals surface area contributed by atoms with Crippen molar-refractivity contribution in [3.8, 4) is 0 Å². The lowest BCUT2D eigenvalue weighted by Gasteiger charge is -2.41. The number of alkyl halides is 1. The molecule has 0 aromatic rings. The van der Waals surface area contributed by atoms with Crippen LogP contribution in [0.5, 0.6) is 0 Å². The molecule has 1 unspecified atom stereocenters. The molecule has 1 aliphatic carbocycles. The van der Waals surface area contributed by atoms with Gasteiger partial charge in [-0.15, -0.1) is 0 Å². The van der Waals surface area contributed by atoms with E-state index in [1.807, 2.05) is 6.92 Å². The number of rotatable bonds is 7. The van der Waals surface area contributed by atoms with Gasteiger partial charge in [-0.3, -0.25) is 0 Å². The van der Waals surface area contributed by atoms with E-state index in [9.17, 15) is 0 Å². The SMILES string of the molecule is CCOCC(C)OC1(CBr)CCC(C(C)C)CC1. The Kier molecular flexibility index (Phi) is 7.19. The molecule has 0 radical (unpaired) electrons. The zero-order chi connectivity index (χ0) is 13.6. The molecule has 0 spiro atoms. The normalized spacial score (nSPS) is 30.7. The van der Waals surface area contributed by atoms with E-state index in [2.05, 4.69) is 36.7 Å². The average molecular weight is 321 g/mol. The van der Waals surface area contributed by atoms with Gasteiger partial charge in [0.05, 0.1) is 18.3 Å². The predicted octanol–water partition coefficient (Wildman–Crippen LogP) is 4.41. The molecule has 0 amide bonds. The van der Waals surface area contributed by atoms with Crippen LogP contribution in [0.4, 0.5) is 0 Å². The van der Waals surface area contributed by atoms with Gasteiger partial charge in [0.2, 0.25) is 0 Å². The van der Waals surface area contributed by atoms with Crippen molar-refractivity contribution in [3.05, 3.63) is 0 Å². The molecular formula is C15H29BrO2. The first-order valence-electron chi connectivity index (χ1n) is 7.34. The van der Waals surface area contributed by atoms with E-state index in [1.54, 1.807) is 0 Å². The van der Waals surface area contributed by atoms with Gasteiger partial charge in [0.15, 0.2) is 0 Å². The molecule has 2 nitrogen and oxygen atoms in total. The summed E-state index contributed by atoms with van der Waals surface area (Å²) in [6.07, 6.45) is 5.14.